The van der Waals surface area contributed by atoms with E-state index in [4.69, 9.17) is 5.73 Å². The molecule has 0 saturated carbocycles. The monoisotopic (exact) mass is 164 g/mol. The van der Waals surface area contributed by atoms with Gasteiger partial charge in [-0.2, -0.15) is 0 Å². The molecule has 0 bridgehead atoms. The second-order valence-corrected chi connectivity index (χ2v) is 3.13. The molecule has 1 aromatic heterocycles. The van der Waals surface area contributed by atoms with Gasteiger partial charge in [0.1, 0.15) is 0 Å². The Bertz CT molecular complexity index is 245. The molecule has 0 aliphatic carbocycles. The molecule has 0 aromatic carbocycles. The van der Waals surface area contributed by atoms with Gasteiger partial charge in [0.2, 0.25) is 0 Å². The van der Waals surface area contributed by atoms with Crippen molar-refractivity contribution in [2.24, 2.45) is 5.73 Å². The Kier molecular flexibility index (Phi) is 3.23. The van der Waals surface area contributed by atoms with Crippen LogP contribution in [0.5, 0.6) is 0 Å². The molecule has 0 amide bonds. The van der Waals surface area contributed by atoms with E-state index >= 15 is 0 Å². The van der Waals surface area contributed by atoms with Crippen molar-refractivity contribution in [2.45, 2.75) is 32.7 Å². The molecule has 1 aromatic rings. The predicted octanol–water partition coefficient (Wildman–Crippen LogP) is 2.19. The van der Waals surface area contributed by atoms with E-state index in [9.17, 15) is 0 Å². The van der Waals surface area contributed by atoms with Crippen LogP contribution in [0.2, 0.25) is 0 Å². The number of aryl methyl sites for hydroxylation is 1. The van der Waals surface area contributed by atoms with E-state index in [0.29, 0.717) is 0 Å². The molecule has 12 heavy (non-hydrogen) atoms. The first-order valence-electron chi connectivity index (χ1n) is 4.41. The van der Waals surface area contributed by atoms with Gasteiger partial charge in [0.15, 0.2) is 0 Å². The summed E-state index contributed by atoms with van der Waals surface area (Å²) in [5.41, 5.74) is 8.39. The summed E-state index contributed by atoms with van der Waals surface area (Å²) < 4.78 is 0. The maximum atomic E-state index is 5.97. The van der Waals surface area contributed by atoms with Gasteiger partial charge in [-0.25, -0.2) is 0 Å². The zero-order valence-corrected chi connectivity index (χ0v) is 7.75. The lowest BCUT2D eigenvalue weighted by Gasteiger charge is -2.12. The molecule has 66 valence electrons. The van der Waals surface area contributed by atoms with Crippen LogP contribution in [0.3, 0.4) is 0 Å². The fourth-order valence-corrected chi connectivity index (χ4v) is 1.33. The first-order valence-corrected chi connectivity index (χ1v) is 4.41. The number of hydrogen-bond donors (Lipinski definition) is 1. The van der Waals surface area contributed by atoms with E-state index in [1.54, 1.807) is 6.20 Å². The molecule has 0 spiro atoms. The molecule has 0 aliphatic heterocycles. The molecule has 0 radical (unpaired) electrons. The van der Waals surface area contributed by atoms with Crippen molar-refractivity contribution in [3.8, 4) is 0 Å². The SMILES string of the molecule is CCC[C@@H](N)c1cnccc1C. The first kappa shape index (κ1) is 9.20. The number of pyridine rings is 1. The highest BCUT2D eigenvalue weighted by Gasteiger charge is 2.06. The summed E-state index contributed by atoms with van der Waals surface area (Å²) >= 11 is 0. The van der Waals surface area contributed by atoms with E-state index in [1.807, 2.05) is 12.3 Å². The Morgan fingerprint density at radius 1 is 1.58 bits per heavy atom. The van der Waals surface area contributed by atoms with Gasteiger partial charge in [-0.05, 0) is 30.5 Å². The molecule has 0 unspecified atom stereocenters. The Balaban J connectivity index is 2.79. The summed E-state index contributed by atoms with van der Waals surface area (Å²) in [4.78, 5) is 4.07. The average Bonchev–Trinajstić information content (AvgIpc) is 2.05. The normalized spacial score (nSPS) is 12.9. The van der Waals surface area contributed by atoms with Crippen molar-refractivity contribution in [1.82, 2.24) is 4.98 Å². The van der Waals surface area contributed by atoms with Gasteiger partial charge in [0.25, 0.3) is 0 Å². The summed E-state index contributed by atoms with van der Waals surface area (Å²) in [6.45, 7) is 4.22. The first-order chi connectivity index (χ1) is 5.75. The van der Waals surface area contributed by atoms with Gasteiger partial charge in [0, 0.05) is 18.4 Å². The summed E-state index contributed by atoms with van der Waals surface area (Å²) in [6, 6.07) is 2.16. The van der Waals surface area contributed by atoms with Gasteiger partial charge in [-0.1, -0.05) is 13.3 Å². The molecular weight excluding hydrogens is 148 g/mol. The number of hydrogen-bond acceptors (Lipinski definition) is 2. The second-order valence-electron chi connectivity index (χ2n) is 3.13. The molecule has 1 rings (SSSR count). The molecule has 2 heteroatoms. The zero-order valence-electron chi connectivity index (χ0n) is 7.75. The number of nitrogens with two attached hydrogens (primary N) is 1. The summed E-state index contributed by atoms with van der Waals surface area (Å²) in [5.74, 6) is 0. The smallest absolute Gasteiger partial charge is 0.0318 e. The standard InChI is InChI=1S/C10H16N2/c1-3-4-10(11)9-7-12-6-5-8(9)2/h5-7,10H,3-4,11H2,1-2H3/t10-/m1/s1. The van der Waals surface area contributed by atoms with E-state index in [-0.39, 0.29) is 6.04 Å². The number of aromatic nitrogens is 1. The van der Waals surface area contributed by atoms with Gasteiger partial charge in [0.05, 0.1) is 0 Å². The summed E-state index contributed by atoms with van der Waals surface area (Å²) in [5, 5.41) is 0. The maximum Gasteiger partial charge on any atom is 0.0318 e. The Morgan fingerprint density at radius 2 is 2.33 bits per heavy atom. The third-order valence-electron chi connectivity index (χ3n) is 2.08. The topological polar surface area (TPSA) is 38.9 Å². The lowest BCUT2D eigenvalue weighted by atomic mass is 10.0. The minimum Gasteiger partial charge on any atom is -0.324 e. The lowest BCUT2D eigenvalue weighted by Crippen LogP contribution is -2.11. The van der Waals surface area contributed by atoms with Crippen LogP contribution in [0.15, 0.2) is 18.5 Å². The third kappa shape index (κ3) is 2.05. The lowest BCUT2D eigenvalue weighted by molar-refractivity contribution is 0.633. The van der Waals surface area contributed by atoms with Crippen LogP contribution < -0.4 is 5.73 Å². The second kappa shape index (κ2) is 4.21. The number of rotatable bonds is 3. The molecule has 0 aliphatic rings. The van der Waals surface area contributed by atoms with Gasteiger partial charge < -0.3 is 5.73 Å². The Hall–Kier alpha value is -0.890. The van der Waals surface area contributed by atoms with E-state index in [2.05, 4.69) is 18.8 Å². The molecular formula is C10H16N2. The van der Waals surface area contributed by atoms with Crippen molar-refractivity contribution in [3.05, 3.63) is 29.6 Å². The molecule has 1 heterocycles. The van der Waals surface area contributed by atoms with Crippen LogP contribution in [0.4, 0.5) is 0 Å². The molecule has 2 nitrogen and oxygen atoms in total. The minimum atomic E-state index is 0.156. The zero-order chi connectivity index (χ0) is 8.97. The van der Waals surface area contributed by atoms with Crippen LogP contribution >= 0.6 is 0 Å². The predicted molar refractivity (Wildman–Crippen MR) is 50.8 cm³/mol. The quantitative estimate of drug-likeness (QED) is 0.743. The van der Waals surface area contributed by atoms with Crippen molar-refractivity contribution in [2.75, 3.05) is 0 Å². The molecule has 2 N–H and O–H groups in total. The fourth-order valence-electron chi connectivity index (χ4n) is 1.33. The van der Waals surface area contributed by atoms with Crippen LogP contribution in [-0.4, -0.2) is 4.98 Å². The van der Waals surface area contributed by atoms with Crippen LogP contribution in [0.1, 0.15) is 36.9 Å². The highest BCUT2D eigenvalue weighted by atomic mass is 14.7. The third-order valence-corrected chi connectivity index (χ3v) is 2.08. The van der Waals surface area contributed by atoms with Gasteiger partial charge >= 0.3 is 0 Å². The highest BCUT2D eigenvalue weighted by Crippen LogP contribution is 2.17. The minimum absolute atomic E-state index is 0.156. The molecule has 0 fully saturated rings. The van der Waals surface area contributed by atoms with Gasteiger partial charge in [-0.15, -0.1) is 0 Å². The fraction of sp³-hybridized carbons (Fsp3) is 0.500. The van der Waals surface area contributed by atoms with Crippen molar-refractivity contribution >= 4 is 0 Å². The molecule has 1 atom stereocenters. The van der Waals surface area contributed by atoms with Gasteiger partial charge in [-0.3, -0.25) is 4.98 Å². The average molecular weight is 164 g/mol. The van der Waals surface area contributed by atoms with Crippen LogP contribution in [-0.2, 0) is 0 Å². The van der Waals surface area contributed by atoms with E-state index in [0.717, 1.165) is 12.8 Å². The summed E-state index contributed by atoms with van der Waals surface area (Å²) in [7, 11) is 0. The van der Waals surface area contributed by atoms with Crippen LogP contribution in [0.25, 0.3) is 0 Å². The maximum absolute atomic E-state index is 5.97. The Morgan fingerprint density at radius 3 is 2.92 bits per heavy atom. The van der Waals surface area contributed by atoms with Crippen molar-refractivity contribution < 1.29 is 0 Å². The molecule has 0 saturated heterocycles. The van der Waals surface area contributed by atoms with Crippen molar-refractivity contribution in [3.63, 3.8) is 0 Å². The van der Waals surface area contributed by atoms with E-state index < -0.39 is 0 Å². The highest BCUT2D eigenvalue weighted by molar-refractivity contribution is 5.24. The Labute approximate surface area is 73.8 Å². The van der Waals surface area contributed by atoms with Crippen LogP contribution in [0, 0.1) is 6.92 Å². The van der Waals surface area contributed by atoms with Crippen molar-refractivity contribution in [1.29, 1.82) is 0 Å². The van der Waals surface area contributed by atoms with E-state index in [1.165, 1.54) is 11.1 Å². The largest absolute Gasteiger partial charge is 0.324 e. The summed E-state index contributed by atoms with van der Waals surface area (Å²) in [6.07, 6.45) is 5.83. The number of nitrogens with zero attached hydrogens (tertiary/aromatic N) is 1.